The average Bonchev–Trinajstić information content (AvgIpc) is 3.11. The zero-order valence-electron chi connectivity index (χ0n) is 19.5. The summed E-state index contributed by atoms with van der Waals surface area (Å²) in [6, 6.07) is 0.240. The van der Waals surface area contributed by atoms with Crippen LogP contribution in [0.25, 0.3) is 0 Å². The van der Waals surface area contributed by atoms with Gasteiger partial charge in [0, 0.05) is 38.1 Å². The standard InChI is InChI=1S/C22H34N4O7/c1-21(2,3)33-20(30)25-22(6-7-31-12-22)19(29)26-9-14-15(11-32-16(14)10-26)18(28)23-8-17(27)24-13-4-5-13/h13-16H,4-12H2,1-3H3,(H,23,28)(H,24,27)(H,25,30)/t14-,15-,16-,22+/m1/s1. The molecule has 3 saturated heterocycles. The van der Waals surface area contributed by atoms with Crippen molar-refractivity contribution >= 4 is 23.8 Å². The Morgan fingerprint density at radius 2 is 1.91 bits per heavy atom. The Kier molecular flexibility index (Phi) is 6.54. The minimum atomic E-state index is -1.19. The molecule has 3 aliphatic heterocycles. The van der Waals surface area contributed by atoms with Crippen molar-refractivity contribution in [3.8, 4) is 0 Å². The summed E-state index contributed by atoms with van der Waals surface area (Å²) in [7, 11) is 0. The third-order valence-electron chi connectivity index (χ3n) is 6.48. The third kappa shape index (κ3) is 5.57. The molecule has 1 aliphatic carbocycles. The Bertz CT molecular complexity index is 801. The summed E-state index contributed by atoms with van der Waals surface area (Å²) < 4.78 is 16.6. The summed E-state index contributed by atoms with van der Waals surface area (Å²) in [6.07, 6.45) is 1.39. The SMILES string of the molecule is CC(C)(C)OC(=O)N[C@@]1(C(=O)N2C[C@H]3[C@@H](C2)OC[C@H]3C(=O)NCC(=O)NC2CC2)CCOC1. The molecule has 184 valence electrons. The maximum Gasteiger partial charge on any atom is 0.408 e. The number of nitrogens with one attached hydrogen (secondary N) is 3. The number of nitrogens with zero attached hydrogens (tertiary/aromatic N) is 1. The minimum Gasteiger partial charge on any atom is -0.444 e. The lowest BCUT2D eigenvalue weighted by Gasteiger charge is -2.33. The fraction of sp³-hybridized carbons (Fsp3) is 0.818. The lowest BCUT2D eigenvalue weighted by molar-refractivity contribution is -0.139. The van der Waals surface area contributed by atoms with Gasteiger partial charge in [0.05, 0.1) is 31.8 Å². The molecule has 11 nitrogen and oxygen atoms in total. The maximum atomic E-state index is 13.5. The first-order valence-electron chi connectivity index (χ1n) is 11.6. The van der Waals surface area contributed by atoms with Crippen LogP contribution in [0.2, 0.25) is 0 Å². The molecule has 4 atom stereocenters. The van der Waals surface area contributed by atoms with Crippen molar-refractivity contribution < 1.29 is 33.4 Å². The van der Waals surface area contributed by atoms with Crippen LogP contribution in [0.15, 0.2) is 0 Å². The maximum absolute atomic E-state index is 13.5. The predicted molar refractivity (Wildman–Crippen MR) is 115 cm³/mol. The van der Waals surface area contributed by atoms with Gasteiger partial charge in [-0.15, -0.1) is 0 Å². The van der Waals surface area contributed by atoms with Gasteiger partial charge < -0.3 is 35.1 Å². The molecular formula is C22H34N4O7. The molecule has 0 aromatic heterocycles. The van der Waals surface area contributed by atoms with E-state index in [9.17, 15) is 19.2 Å². The summed E-state index contributed by atoms with van der Waals surface area (Å²) in [5, 5.41) is 8.27. The van der Waals surface area contributed by atoms with E-state index >= 15 is 0 Å². The smallest absolute Gasteiger partial charge is 0.408 e. The molecule has 0 unspecified atom stereocenters. The molecule has 0 bridgehead atoms. The Labute approximate surface area is 193 Å². The quantitative estimate of drug-likeness (QED) is 0.482. The second kappa shape index (κ2) is 9.09. The topological polar surface area (TPSA) is 135 Å². The Morgan fingerprint density at radius 3 is 2.55 bits per heavy atom. The normalized spacial score (nSPS) is 31.1. The van der Waals surface area contributed by atoms with Crippen molar-refractivity contribution in [3.63, 3.8) is 0 Å². The number of likely N-dealkylation sites (tertiary alicyclic amines) is 1. The Hall–Kier alpha value is -2.40. The highest BCUT2D eigenvalue weighted by Crippen LogP contribution is 2.36. The van der Waals surface area contributed by atoms with E-state index in [0.29, 0.717) is 26.1 Å². The second-order valence-corrected chi connectivity index (χ2v) is 10.4. The van der Waals surface area contributed by atoms with Crippen LogP contribution in [0, 0.1) is 11.8 Å². The molecule has 0 spiro atoms. The molecule has 4 rings (SSSR count). The molecule has 0 aromatic rings. The van der Waals surface area contributed by atoms with Crippen LogP contribution >= 0.6 is 0 Å². The number of hydrogen-bond acceptors (Lipinski definition) is 7. The molecule has 11 heteroatoms. The number of amides is 4. The lowest BCUT2D eigenvalue weighted by Crippen LogP contribution is -2.60. The molecule has 3 heterocycles. The van der Waals surface area contributed by atoms with Crippen LogP contribution in [0.4, 0.5) is 4.79 Å². The van der Waals surface area contributed by atoms with E-state index in [1.807, 2.05) is 0 Å². The van der Waals surface area contributed by atoms with Gasteiger partial charge in [-0.2, -0.15) is 0 Å². The summed E-state index contributed by atoms with van der Waals surface area (Å²) in [5.74, 6) is -1.29. The van der Waals surface area contributed by atoms with E-state index < -0.39 is 23.2 Å². The van der Waals surface area contributed by atoms with E-state index in [1.54, 1.807) is 25.7 Å². The van der Waals surface area contributed by atoms with Gasteiger partial charge >= 0.3 is 6.09 Å². The van der Waals surface area contributed by atoms with Crippen molar-refractivity contribution in [3.05, 3.63) is 0 Å². The number of hydrogen-bond donors (Lipinski definition) is 3. The van der Waals surface area contributed by atoms with Gasteiger partial charge in [0.25, 0.3) is 5.91 Å². The molecule has 3 N–H and O–H groups in total. The Morgan fingerprint density at radius 1 is 1.15 bits per heavy atom. The molecule has 1 saturated carbocycles. The molecule has 33 heavy (non-hydrogen) atoms. The first-order chi connectivity index (χ1) is 15.6. The van der Waals surface area contributed by atoms with Crippen LogP contribution in [0.1, 0.15) is 40.0 Å². The van der Waals surface area contributed by atoms with Crippen LogP contribution < -0.4 is 16.0 Å². The van der Waals surface area contributed by atoms with Crippen LogP contribution in [-0.4, -0.2) is 91.5 Å². The summed E-state index contributed by atoms with van der Waals surface area (Å²) >= 11 is 0. The third-order valence-corrected chi connectivity index (χ3v) is 6.48. The molecule has 4 amide bonds. The van der Waals surface area contributed by atoms with Gasteiger partial charge in [-0.25, -0.2) is 4.79 Å². The van der Waals surface area contributed by atoms with Gasteiger partial charge in [0.2, 0.25) is 11.8 Å². The van der Waals surface area contributed by atoms with Gasteiger partial charge in [0.1, 0.15) is 11.1 Å². The number of carbonyl (C=O) groups is 4. The van der Waals surface area contributed by atoms with E-state index in [4.69, 9.17) is 14.2 Å². The van der Waals surface area contributed by atoms with E-state index in [-0.39, 0.29) is 55.5 Å². The number of alkyl carbamates (subject to hydrolysis) is 1. The van der Waals surface area contributed by atoms with Crippen molar-refractivity contribution in [1.82, 2.24) is 20.9 Å². The Balaban J connectivity index is 1.34. The van der Waals surface area contributed by atoms with E-state index in [1.165, 1.54) is 0 Å². The van der Waals surface area contributed by atoms with Gasteiger partial charge in [0.15, 0.2) is 0 Å². The van der Waals surface area contributed by atoms with Gasteiger partial charge in [-0.3, -0.25) is 14.4 Å². The fourth-order valence-corrected chi connectivity index (χ4v) is 4.64. The number of ether oxygens (including phenoxy) is 3. The van der Waals surface area contributed by atoms with Crippen LogP contribution in [0.5, 0.6) is 0 Å². The van der Waals surface area contributed by atoms with Crippen molar-refractivity contribution in [1.29, 1.82) is 0 Å². The summed E-state index contributed by atoms with van der Waals surface area (Å²) in [6.45, 7) is 6.57. The van der Waals surface area contributed by atoms with E-state index in [2.05, 4.69) is 16.0 Å². The minimum absolute atomic E-state index is 0.0634. The zero-order valence-corrected chi connectivity index (χ0v) is 19.5. The molecule has 0 radical (unpaired) electrons. The first-order valence-corrected chi connectivity index (χ1v) is 11.6. The monoisotopic (exact) mass is 466 g/mol. The highest BCUT2D eigenvalue weighted by Gasteiger charge is 2.53. The zero-order chi connectivity index (χ0) is 23.8. The first kappa shape index (κ1) is 23.7. The molecule has 4 aliphatic rings. The van der Waals surface area contributed by atoms with Gasteiger partial charge in [-0.05, 0) is 33.6 Å². The fourth-order valence-electron chi connectivity index (χ4n) is 4.64. The molecule has 0 aromatic carbocycles. The van der Waals surface area contributed by atoms with Crippen LogP contribution in [0.3, 0.4) is 0 Å². The number of rotatable bonds is 6. The number of carbonyl (C=O) groups excluding carboxylic acids is 4. The highest BCUT2D eigenvalue weighted by molar-refractivity contribution is 5.91. The molecular weight excluding hydrogens is 432 g/mol. The van der Waals surface area contributed by atoms with Crippen molar-refractivity contribution in [2.24, 2.45) is 11.8 Å². The van der Waals surface area contributed by atoms with Crippen molar-refractivity contribution in [2.45, 2.75) is 63.3 Å². The summed E-state index contributed by atoms with van der Waals surface area (Å²) in [4.78, 5) is 52.1. The lowest BCUT2D eigenvalue weighted by atomic mass is 9.92. The highest BCUT2D eigenvalue weighted by atomic mass is 16.6. The summed E-state index contributed by atoms with van der Waals surface area (Å²) in [5.41, 5.74) is -1.89. The number of fused-ring (bicyclic) bond motifs is 1. The predicted octanol–water partition coefficient (Wildman–Crippen LogP) is -0.462. The second-order valence-electron chi connectivity index (χ2n) is 10.4. The molecule has 4 fully saturated rings. The van der Waals surface area contributed by atoms with Crippen LogP contribution in [-0.2, 0) is 28.6 Å². The average molecular weight is 467 g/mol. The van der Waals surface area contributed by atoms with E-state index in [0.717, 1.165) is 12.8 Å². The van der Waals surface area contributed by atoms with Crippen molar-refractivity contribution in [2.75, 3.05) is 39.5 Å². The largest absolute Gasteiger partial charge is 0.444 e. The van der Waals surface area contributed by atoms with Gasteiger partial charge in [-0.1, -0.05) is 0 Å².